The van der Waals surface area contributed by atoms with Gasteiger partial charge in [-0.1, -0.05) is 54.4 Å². The van der Waals surface area contributed by atoms with Crippen molar-refractivity contribution in [2.75, 3.05) is 20.3 Å². The van der Waals surface area contributed by atoms with E-state index in [1.807, 2.05) is 66.7 Å². The van der Waals surface area contributed by atoms with Crippen LogP contribution in [0.2, 0.25) is 0 Å². The van der Waals surface area contributed by atoms with Gasteiger partial charge in [-0.3, -0.25) is 4.79 Å². The lowest BCUT2D eigenvalue weighted by atomic mass is 9.85. The first-order valence-electron chi connectivity index (χ1n) is 16.7. The highest BCUT2D eigenvalue weighted by atomic mass is 16.6. The average Bonchev–Trinajstić information content (AvgIpc) is 3.50. The molecule has 3 aliphatic rings. The van der Waals surface area contributed by atoms with Crippen LogP contribution < -0.4 is 14.8 Å². The van der Waals surface area contributed by atoms with Crippen molar-refractivity contribution < 1.29 is 33.3 Å². The molecule has 0 unspecified atom stereocenters. The van der Waals surface area contributed by atoms with Crippen LogP contribution in [0.4, 0.5) is 4.79 Å². The summed E-state index contributed by atoms with van der Waals surface area (Å²) < 4.78 is 23.7. The number of carbonyl (C=O) groups excluding carboxylic acids is 3. The Morgan fingerprint density at radius 2 is 1.91 bits per heavy atom. The van der Waals surface area contributed by atoms with Gasteiger partial charge in [-0.2, -0.15) is 0 Å². The van der Waals surface area contributed by atoms with E-state index in [0.29, 0.717) is 23.6 Å². The molecule has 11 nitrogen and oxygen atoms in total. The second-order valence-electron chi connectivity index (χ2n) is 15.0. The molecular weight excluding hydrogens is 588 g/mol. The first-order chi connectivity index (χ1) is 21.7. The second kappa shape index (κ2) is 13.2. The normalized spacial score (nSPS) is 29.1. The van der Waals surface area contributed by atoms with E-state index < -0.39 is 47.2 Å². The number of methoxy groups -OCH3 is 1. The van der Waals surface area contributed by atoms with Crippen molar-refractivity contribution in [1.29, 1.82) is 0 Å². The topological polar surface area (TPSA) is 129 Å². The van der Waals surface area contributed by atoms with E-state index in [0.717, 1.165) is 43.3 Å². The number of aromatic nitrogens is 2. The zero-order chi connectivity index (χ0) is 33.4. The van der Waals surface area contributed by atoms with Crippen molar-refractivity contribution in [2.24, 2.45) is 23.2 Å². The summed E-state index contributed by atoms with van der Waals surface area (Å²) in [6, 6.07) is 3.71. The summed E-state index contributed by atoms with van der Waals surface area (Å²) in [4.78, 5) is 52.6. The van der Waals surface area contributed by atoms with Gasteiger partial charge in [-0.15, -0.1) is 0 Å². The smallest absolute Gasteiger partial charge is 0.408 e. The Morgan fingerprint density at radius 1 is 1.15 bits per heavy atom. The molecule has 6 atom stereocenters. The number of carbonyl (C=O) groups is 3. The molecule has 2 bridgehead atoms. The third-order valence-electron chi connectivity index (χ3n) is 9.57. The van der Waals surface area contributed by atoms with Gasteiger partial charge in [0.05, 0.1) is 31.3 Å². The Morgan fingerprint density at radius 3 is 2.61 bits per heavy atom. The van der Waals surface area contributed by atoms with Crippen molar-refractivity contribution in [3.05, 3.63) is 23.9 Å². The lowest BCUT2D eigenvalue weighted by Crippen LogP contribution is -2.57. The van der Waals surface area contributed by atoms with Gasteiger partial charge in [0, 0.05) is 17.9 Å². The Hall–Kier alpha value is -3.63. The van der Waals surface area contributed by atoms with Crippen LogP contribution in [-0.2, 0) is 25.5 Å². The van der Waals surface area contributed by atoms with Crippen molar-refractivity contribution in [3.8, 4) is 11.6 Å². The third-order valence-corrected chi connectivity index (χ3v) is 9.57. The Bertz CT molecular complexity index is 1460. The van der Waals surface area contributed by atoms with Crippen molar-refractivity contribution in [3.63, 3.8) is 0 Å². The Kier molecular flexibility index (Phi) is 9.70. The van der Waals surface area contributed by atoms with Gasteiger partial charge in [-0.25, -0.2) is 19.6 Å². The van der Waals surface area contributed by atoms with E-state index in [4.69, 9.17) is 28.9 Å². The van der Waals surface area contributed by atoms with Crippen LogP contribution in [0.25, 0.3) is 11.0 Å². The molecule has 1 aliphatic carbocycles. The largest absolute Gasteiger partial charge is 0.497 e. The van der Waals surface area contributed by atoms with Gasteiger partial charge >= 0.3 is 12.1 Å². The van der Waals surface area contributed by atoms with E-state index in [9.17, 15) is 14.4 Å². The number of fused-ring (bicyclic) bond motifs is 5. The number of ether oxygens (including phenoxy) is 4. The number of aryl methyl sites for hydroxylation is 1. The number of esters is 1. The van der Waals surface area contributed by atoms with Crippen LogP contribution >= 0.6 is 0 Å². The van der Waals surface area contributed by atoms with Crippen LogP contribution in [0.15, 0.2) is 18.2 Å². The molecule has 11 heteroatoms. The molecule has 2 aromatic rings. The van der Waals surface area contributed by atoms with Gasteiger partial charge in [0.1, 0.15) is 35.2 Å². The maximum atomic E-state index is 14.4. The Balaban J connectivity index is 1.54. The van der Waals surface area contributed by atoms with E-state index in [1.54, 1.807) is 7.11 Å². The number of amides is 2. The summed E-state index contributed by atoms with van der Waals surface area (Å²) in [5.41, 5.74) is 0.894. The maximum absolute atomic E-state index is 14.4. The quantitative estimate of drug-likeness (QED) is 0.434. The zero-order valence-corrected chi connectivity index (χ0v) is 28.6. The summed E-state index contributed by atoms with van der Waals surface area (Å²) in [5, 5.41) is 2.87. The summed E-state index contributed by atoms with van der Waals surface area (Å²) >= 11 is 0. The minimum atomic E-state index is -0.950. The average molecular weight is 639 g/mol. The van der Waals surface area contributed by atoms with Crippen LogP contribution in [-0.4, -0.2) is 76.9 Å². The van der Waals surface area contributed by atoms with Gasteiger partial charge in [0.25, 0.3) is 0 Å². The molecule has 2 amide bonds. The Labute approximate surface area is 272 Å². The molecule has 1 saturated carbocycles. The van der Waals surface area contributed by atoms with E-state index in [-0.39, 0.29) is 30.9 Å². The molecule has 46 heavy (non-hydrogen) atoms. The summed E-state index contributed by atoms with van der Waals surface area (Å²) in [6.45, 7) is 13.8. The first kappa shape index (κ1) is 33.7. The van der Waals surface area contributed by atoms with E-state index in [2.05, 4.69) is 5.32 Å². The summed E-state index contributed by atoms with van der Waals surface area (Å²) in [5.74, 6) is 0.138. The highest BCUT2D eigenvalue weighted by molar-refractivity contribution is 5.91. The monoisotopic (exact) mass is 638 g/mol. The van der Waals surface area contributed by atoms with Gasteiger partial charge < -0.3 is 29.2 Å². The van der Waals surface area contributed by atoms with Crippen molar-refractivity contribution in [1.82, 2.24) is 20.2 Å². The molecule has 1 N–H and O–H groups in total. The molecule has 3 heterocycles. The van der Waals surface area contributed by atoms with Gasteiger partial charge in [0.15, 0.2) is 0 Å². The molecule has 2 aliphatic heterocycles. The molecule has 1 saturated heterocycles. The molecule has 1 aromatic carbocycles. The van der Waals surface area contributed by atoms with Crippen LogP contribution in [0, 0.1) is 23.2 Å². The van der Waals surface area contributed by atoms with Crippen molar-refractivity contribution in [2.45, 2.75) is 111 Å². The number of benzene rings is 1. The van der Waals surface area contributed by atoms with Gasteiger partial charge in [0.2, 0.25) is 11.8 Å². The fourth-order valence-electron chi connectivity index (χ4n) is 6.59. The van der Waals surface area contributed by atoms with Crippen LogP contribution in [0.1, 0.15) is 86.3 Å². The highest BCUT2D eigenvalue weighted by Crippen LogP contribution is 2.49. The predicted octanol–water partition coefficient (Wildman–Crippen LogP) is 5.47. The maximum Gasteiger partial charge on any atom is 0.408 e. The van der Waals surface area contributed by atoms with Crippen molar-refractivity contribution >= 4 is 29.0 Å². The standard InChI is InChI=1S/C35H50N4O7/c1-20(2)19-44-32(41)28-21(3)27-18-39(28)31(40)29(34(4,5)6)38-33(42)46-35(7)17-22(35)12-10-9-11-13-25-30(45-27)37-26-16-23(43-8)14-15-24(26)36-25/h14-16,20-22,27-29H,9-13,17-19H2,1-8H3,(H,38,42)/t21-,22-,27+,28+,29-,35-/m1/s1. The molecule has 0 spiro atoms. The SMILES string of the molecule is COc1ccc2nc3c(nc2c1)O[C@H]1CN(C(=O)[C@H](C(C)(C)C)NC(=O)O[C@]2(C)C[C@H]2CCCCC3)[C@H](C(=O)OCC(C)C)[C@@H]1C. The van der Waals surface area contributed by atoms with Gasteiger partial charge in [-0.05, 0) is 56.1 Å². The minimum absolute atomic E-state index is 0.113. The lowest BCUT2D eigenvalue weighted by molar-refractivity contribution is -0.156. The number of rotatable bonds is 4. The fourth-order valence-corrected chi connectivity index (χ4v) is 6.59. The zero-order valence-electron chi connectivity index (χ0n) is 28.6. The molecule has 1 aromatic heterocycles. The number of hydrogen-bond acceptors (Lipinski definition) is 9. The molecule has 0 radical (unpaired) electrons. The second-order valence-corrected chi connectivity index (χ2v) is 15.0. The molecule has 252 valence electrons. The predicted molar refractivity (Wildman–Crippen MR) is 173 cm³/mol. The third kappa shape index (κ3) is 7.33. The van der Waals surface area contributed by atoms with Crippen LogP contribution in [0.5, 0.6) is 11.6 Å². The molecule has 2 fully saturated rings. The fraction of sp³-hybridized carbons (Fsp3) is 0.686. The first-order valence-corrected chi connectivity index (χ1v) is 16.7. The summed E-state index contributed by atoms with van der Waals surface area (Å²) in [7, 11) is 1.60. The van der Waals surface area contributed by atoms with E-state index >= 15 is 0 Å². The highest BCUT2D eigenvalue weighted by Gasteiger charge is 2.54. The number of hydrogen-bond donors (Lipinski definition) is 1. The minimum Gasteiger partial charge on any atom is -0.497 e. The number of alkyl carbamates (subject to hydrolysis) is 1. The number of nitrogens with one attached hydrogen (secondary N) is 1. The molecule has 5 rings (SSSR count). The summed E-state index contributed by atoms with van der Waals surface area (Å²) in [6.07, 6.45) is 4.09. The number of nitrogens with zero attached hydrogens (tertiary/aromatic N) is 3. The lowest BCUT2D eigenvalue weighted by Gasteiger charge is -2.35. The molecular formula is C35H50N4O7. The van der Waals surface area contributed by atoms with E-state index in [1.165, 1.54) is 4.90 Å². The van der Waals surface area contributed by atoms with Crippen LogP contribution in [0.3, 0.4) is 0 Å².